The number of hydrogen-bond acceptors (Lipinski definition) is 1. The van der Waals surface area contributed by atoms with Gasteiger partial charge in [-0.2, -0.15) is 4.39 Å². The highest BCUT2D eigenvalue weighted by molar-refractivity contribution is 8.07. The molecule has 0 spiro atoms. The first kappa shape index (κ1) is 6.51. The lowest BCUT2D eigenvalue weighted by Gasteiger charge is -1.91. The highest BCUT2D eigenvalue weighted by atomic mass is 32.1. The third-order valence-corrected chi connectivity index (χ3v) is 2.15. The minimum Gasteiger partial charge on any atom is -0.195 e. The molecule has 0 aliphatic carbocycles. The Morgan fingerprint density at radius 1 is 2.00 bits per heavy atom. The Morgan fingerprint density at radius 2 is 2.17 bits per heavy atom. The van der Waals surface area contributed by atoms with E-state index in [0.29, 0.717) is 0 Å². The lowest BCUT2D eigenvalue weighted by Crippen LogP contribution is -1.75. The fourth-order valence-electron chi connectivity index (χ4n) is 0. The van der Waals surface area contributed by atoms with Crippen LogP contribution in [0.4, 0.5) is 4.39 Å². The molecule has 0 rings (SSSR count). The van der Waals surface area contributed by atoms with Crippen LogP contribution in [0.15, 0.2) is 0 Å². The minimum absolute atomic E-state index is 0.343. The van der Waals surface area contributed by atoms with Gasteiger partial charge in [0.05, 0.1) is 0 Å². The van der Waals surface area contributed by atoms with E-state index in [4.69, 9.17) is 0 Å². The lowest BCUT2D eigenvalue weighted by atomic mass is 10.8. The molecular weight excluding hydrogens is 117 g/mol. The van der Waals surface area contributed by atoms with E-state index < -0.39 is 7.80 Å². The molecular formula is C2H5BFPS. The second kappa shape index (κ2) is 2.65. The van der Waals surface area contributed by atoms with Crippen molar-refractivity contribution in [3.05, 3.63) is 0 Å². The molecule has 0 saturated carbocycles. The van der Waals surface area contributed by atoms with Gasteiger partial charge in [-0.3, -0.25) is 0 Å². The summed E-state index contributed by atoms with van der Waals surface area (Å²) in [6.07, 6.45) is 0. The third kappa shape index (κ3) is 2.74. The molecule has 0 fully saturated rings. The van der Waals surface area contributed by atoms with Crippen LogP contribution in [-0.2, 0) is 0 Å². The van der Waals surface area contributed by atoms with Gasteiger partial charge in [-0.25, -0.2) is 0 Å². The first-order valence-electron chi connectivity index (χ1n) is 1.51. The molecule has 6 heavy (non-hydrogen) atoms. The maximum Gasteiger partial charge on any atom is 0.175 e. The second-order valence-electron chi connectivity index (χ2n) is 1.15. The Labute approximate surface area is 44.2 Å². The first-order chi connectivity index (χ1) is 2.64. The molecule has 0 amide bonds. The van der Waals surface area contributed by atoms with E-state index in [9.17, 15) is 4.39 Å². The third-order valence-electron chi connectivity index (χ3n) is 0.352. The van der Waals surface area contributed by atoms with E-state index in [0.717, 1.165) is 0 Å². The van der Waals surface area contributed by atoms with Gasteiger partial charge in [0, 0.05) is 0 Å². The first-order valence-corrected chi connectivity index (χ1v) is 4.16. The molecule has 0 aromatic carbocycles. The molecule has 34 valence electrons. The molecule has 0 aromatic rings. The van der Waals surface area contributed by atoms with Crippen molar-refractivity contribution in [3.8, 4) is 0 Å². The van der Waals surface area contributed by atoms with Crippen molar-refractivity contribution in [1.29, 1.82) is 0 Å². The summed E-state index contributed by atoms with van der Waals surface area (Å²) in [5.41, 5.74) is 0. The molecule has 0 aliphatic rings. The Kier molecular flexibility index (Phi) is 2.88. The zero-order chi connectivity index (χ0) is 5.15. The van der Waals surface area contributed by atoms with Crippen LogP contribution >= 0.6 is 20.0 Å². The van der Waals surface area contributed by atoms with Gasteiger partial charge >= 0.3 is 0 Å². The molecule has 0 heterocycles. The highest BCUT2D eigenvalue weighted by Crippen LogP contribution is 2.25. The second-order valence-corrected chi connectivity index (χ2v) is 3.99. The van der Waals surface area contributed by atoms with Crippen molar-refractivity contribution >= 4 is 32.4 Å². The van der Waals surface area contributed by atoms with Crippen molar-refractivity contribution in [1.82, 2.24) is 0 Å². The summed E-state index contributed by atoms with van der Waals surface area (Å²) in [5.74, 6) is 0. The predicted molar refractivity (Wildman–Crippen MR) is 35.1 cm³/mol. The molecule has 0 nitrogen and oxygen atoms in total. The van der Waals surface area contributed by atoms with Gasteiger partial charge in [-0.15, -0.1) is 0 Å². The molecule has 0 radical (unpaired) electrons. The largest absolute Gasteiger partial charge is 0.195 e. The van der Waals surface area contributed by atoms with Gasteiger partial charge in [-0.1, -0.05) is 7.80 Å². The molecule has 0 N–H and O–H groups in total. The summed E-state index contributed by atoms with van der Waals surface area (Å²) in [6, 6.07) is 0. The zero-order valence-electron chi connectivity index (χ0n) is 3.73. The fourth-order valence-corrected chi connectivity index (χ4v) is 0. The summed E-state index contributed by atoms with van der Waals surface area (Å²) >= 11 is 4.18. The van der Waals surface area contributed by atoms with Crippen LogP contribution in [0.5, 0.6) is 0 Å². The molecule has 0 bridgehead atoms. The van der Waals surface area contributed by atoms with Gasteiger partial charge in [0.25, 0.3) is 0 Å². The van der Waals surface area contributed by atoms with E-state index in [-0.39, 0.29) is 4.86 Å². The molecule has 1 atom stereocenters. The molecule has 0 saturated heterocycles. The van der Waals surface area contributed by atoms with Crippen LogP contribution in [0.3, 0.4) is 0 Å². The van der Waals surface area contributed by atoms with E-state index in [2.05, 4.69) is 12.2 Å². The van der Waals surface area contributed by atoms with Crippen molar-refractivity contribution in [2.24, 2.45) is 0 Å². The molecule has 1 unspecified atom stereocenters. The zero-order valence-corrected chi connectivity index (χ0v) is 5.44. The van der Waals surface area contributed by atoms with Crippen molar-refractivity contribution < 1.29 is 4.39 Å². The topological polar surface area (TPSA) is 0 Å². The van der Waals surface area contributed by atoms with E-state index in [1.54, 1.807) is 14.2 Å². The Hall–Kier alpha value is 0.515. The van der Waals surface area contributed by atoms with Gasteiger partial charge in [0.1, 0.15) is 7.57 Å². The van der Waals surface area contributed by atoms with Gasteiger partial charge in [-0.05, 0) is 18.9 Å². The van der Waals surface area contributed by atoms with Crippen LogP contribution in [0.1, 0.15) is 0 Å². The quantitative estimate of drug-likeness (QED) is 0.215. The molecule has 4 heteroatoms. The maximum atomic E-state index is 11.6. The Balaban J connectivity index is 3.26. The summed E-state index contributed by atoms with van der Waals surface area (Å²) < 4.78 is 11.6. The number of hydrogen-bond donors (Lipinski definition) is 0. The van der Waals surface area contributed by atoms with Crippen LogP contribution < -0.4 is 0 Å². The van der Waals surface area contributed by atoms with Crippen LogP contribution in [0.2, 0.25) is 0 Å². The average Bonchev–Trinajstić information content (AvgIpc) is 1.36. The van der Waals surface area contributed by atoms with Gasteiger partial charge < -0.3 is 0 Å². The summed E-state index contributed by atoms with van der Waals surface area (Å²) in [5, 5.41) is 0. The SMILES string of the molecule is BP(C)C(F)=S. The molecule has 0 aromatic heterocycles. The number of halogens is 1. The summed E-state index contributed by atoms with van der Waals surface area (Å²) in [6.45, 7) is 1.79. The Bertz CT molecular complexity index is 64.6. The predicted octanol–water partition coefficient (Wildman–Crippen LogP) is 0.901. The number of rotatable bonds is 1. The van der Waals surface area contributed by atoms with Gasteiger partial charge in [0.2, 0.25) is 0 Å². The smallest absolute Gasteiger partial charge is 0.175 e. The van der Waals surface area contributed by atoms with Crippen molar-refractivity contribution in [2.45, 2.75) is 0 Å². The summed E-state index contributed by atoms with van der Waals surface area (Å²) in [7, 11) is 1.19. The van der Waals surface area contributed by atoms with E-state index >= 15 is 0 Å². The Morgan fingerprint density at radius 3 is 2.17 bits per heavy atom. The van der Waals surface area contributed by atoms with E-state index in [1.165, 1.54) is 0 Å². The van der Waals surface area contributed by atoms with Crippen molar-refractivity contribution in [3.63, 3.8) is 0 Å². The standard InChI is InChI=1S/C2H5BFPS/c1-5(3)2(4)6/h3H2,1H3. The maximum absolute atomic E-state index is 11.6. The minimum atomic E-state index is -0.595. The number of thiocarbonyl (C=S) groups is 1. The summed E-state index contributed by atoms with van der Waals surface area (Å²) in [4.78, 5) is -0.343. The fraction of sp³-hybridized carbons (Fsp3) is 0.500. The highest BCUT2D eigenvalue weighted by Gasteiger charge is 1.94. The van der Waals surface area contributed by atoms with Crippen LogP contribution in [0.25, 0.3) is 0 Å². The van der Waals surface area contributed by atoms with Gasteiger partial charge in [0.15, 0.2) is 4.86 Å². The molecule has 0 aliphatic heterocycles. The monoisotopic (exact) mass is 122 g/mol. The normalized spacial score (nSPS) is 13.7. The lowest BCUT2D eigenvalue weighted by molar-refractivity contribution is 0.851. The van der Waals surface area contributed by atoms with Crippen molar-refractivity contribution in [2.75, 3.05) is 6.66 Å². The van der Waals surface area contributed by atoms with Crippen LogP contribution in [-0.4, -0.2) is 19.1 Å². The average molecular weight is 122 g/mol. The van der Waals surface area contributed by atoms with Crippen LogP contribution in [0, 0.1) is 0 Å². The van der Waals surface area contributed by atoms with E-state index in [1.807, 2.05) is 0 Å².